The zero-order valence-electron chi connectivity index (χ0n) is 13.4. The number of carbonyl (C=O) groups is 2. The Morgan fingerprint density at radius 1 is 1.22 bits per heavy atom. The number of likely N-dealkylation sites (N-methyl/N-ethyl adjacent to an activating group) is 1. The minimum atomic E-state index is -0.662. The monoisotopic (exact) mass is 329 g/mol. The number of nitrogens with one attached hydrogen (secondary N) is 2. The first-order valence-electron chi connectivity index (χ1n) is 7.05. The van der Waals surface area contributed by atoms with E-state index in [1.807, 2.05) is 0 Å². The number of methoxy groups -OCH3 is 1. The highest BCUT2D eigenvalue weighted by atomic mass is 19.1. The average molecular weight is 329 g/mol. The van der Waals surface area contributed by atoms with Crippen LogP contribution in [0.5, 0.6) is 0 Å². The number of hydrogen-bond acceptors (Lipinski definition) is 4. The predicted molar refractivity (Wildman–Crippen MR) is 80.8 cm³/mol. The Morgan fingerprint density at radius 2 is 1.83 bits per heavy atom. The molecule has 1 rings (SSSR count). The number of benzene rings is 1. The lowest BCUT2D eigenvalue weighted by molar-refractivity contribution is -0.121. The van der Waals surface area contributed by atoms with Gasteiger partial charge in [0, 0.05) is 25.1 Å². The largest absolute Gasteiger partial charge is 0.453 e. The summed E-state index contributed by atoms with van der Waals surface area (Å²) < 4.78 is 32.1. The first-order chi connectivity index (χ1) is 10.9. The molecular weight excluding hydrogens is 308 g/mol. The predicted octanol–water partition coefficient (Wildman–Crippen LogP) is 1.43. The lowest BCUT2D eigenvalue weighted by Crippen LogP contribution is -2.37. The summed E-state index contributed by atoms with van der Waals surface area (Å²) in [5.74, 6) is -1.67. The Hall–Kier alpha value is -2.22. The third kappa shape index (κ3) is 5.82. The van der Waals surface area contributed by atoms with Crippen LogP contribution in [0.25, 0.3) is 0 Å². The standard InChI is InChI=1S/C15H21F2N3O3/c1-20(2)12(14-10(16)5-4-6-11(14)17)9-19-13(21)7-8-18-15(22)23-3/h4-6,12H,7-9H2,1-3H3,(H,18,22)(H,19,21). The van der Waals surface area contributed by atoms with Crippen molar-refractivity contribution >= 4 is 12.0 Å². The summed E-state index contributed by atoms with van der Waals surface area (Å²) in [6.45, 7) is 0.154. The molecular formula is C15H21F2N3O3. The molecule has 2 N–H and O–H groups in total. The highest BCUT2D eigenvalue weighted by Gasteiger charge is 2.22. The molecule has 8 heteroatoms. The van der Waals surface area contributed by atoms with Crippen molar-refractivity contribution < 1.29 is 23.1 Å². The second-order valence-electron chi connectivity index (χ2n) is 5.09. The number of alkyl carbamates (subject to hydrolysis) is 1. The maximum atomic E-state index is 13.9. The van der Waals surface area contributed by atoms with Crippen LogP contribution in [0.4, 0.5) is 13.6 Å². The fourth-order valence-corrected chi connectivity index (χ4v) is 2.02. The summed E-state index contributed by atoms with van der Waals surface area (Å²) in [5.41, 5.74) is -0.0921. The van der Waals surface area contributed by atoms with Gasteiger partial charge in [-0.15, -0.1) is 0 Å². The van der Waals surface area contributed by atoms with Gasteiger partial charge in [-0.3, -0.25) is 4.79 Å². The Kier molecular flexibility index (Phi) is 7.40. The molecule has 0 aliphatic carbocycles. The molecule has 0 heterocycles. The molecule has 0 aliphatic heterocycles. The van der Waals surface area contributed by atoms with E-state index < -0.39 is 23.8 Å². The van der Waals surface area contributed by atoms with Gasteiger partial charge in [-0.25, -0.2) is 13.6 Å². The minimum Gasteiger partial charge on any atom is -0.453 e. The summed E-state index contributed by atoms with van der Waals surface area (Å²) in [7, 11) is 4.56. The zero-order valence-corrected chi connectivity index (χ0v) is 13.4. The number of ether oxygens (including phenoxy) is 1. The SMILES string of the molecule is COC(=O)NCCC(=O)NCC(c1c(F)cccc1F)N(C)C. The van der Waals surface area contributed by atoms with Crippen LogP contribution in [0.1, 0.15) is 18.0 Å². The summed E-state index contributed by atoms with van der Waals surface area (Å²) in [5, 5.41) is 4.97. The van der Waals surface area contributed by atoms with E-state index in [2.05, 4.69) is 15.4 Å². The van der Waals surface area contributed by atoms with Crippen LogP contribution >= 0.6 is 0 Å². The summed E-state index contributed by atoms with van der Waals surface area (Å²) in [4.78, 5) is 24.2. The van der Waals surface area contributed by atoms with Gasteiger partial charge in [0.15, 0.2) is 0 Å². The van der Waals surface area contributed by atoms with E-state index in [1.54, 1.807) is 19.0 Å². The minimum absolute atomic E-state index is 0.0367. The van der Waals surface area contributed by atoms with Crippen LogP contribution in [0.3, 0.4) is 0 Å². The maximum Gasteiger partial charge on any atom is 0.406 e. The van der Waals surface area contributed by atoms with Gasteiger partial charge in [0.05, 0.1) is 13.2 Å². The van der Waals surface area contributed by atoms with Crippen molar-refractivity contribution in [2.24, 2.45) is 0 Å². The summed E-state index contributed by atoms with van der Waals surface area (Å²) in [6, 6.07) is 3.00. The molecule has 0 radical (unpaired) electrons. The van der Waals surface area contributed by atoms with Gasteiger partial charge in [0.1, 0.15) is 11.6 Å². The molecule has 0 spiro atoms. The molecule has 0 saturated heterocycles. The van der Waals surface area contributed by atoms with Crippen molar-refractivity contribution in [3.63, 3.8) is 0 Å². The van der Waals surface area contributed by atoms with E-state index in [0.29, 0.717) is 0 Å². The molecule has 23 heavy (non-hydrogen) atoms. The van der Waals surface area contributed by atoms with Crippen molar-refractivity contribution in [2.45, 2.75) is 12.5 Å². The van der Waals surface area contributed by atoms with Gasteiger partial charge >= 0.3 is 6.09 Å². The van der Waals surface area contributed by atoms with Gasteiger partial charge in [-0.2, -0.15) is 0 Å². The van der Waals surface area contributed by atoms with Gasteiger partial charge in [-0.1, -0.05) is 6.07 Å². The number of halogens is 2. The molecule has 0 aliphatic rings. The number of rotatable bonds is 7. The summed E-state index contributed by atoms with van der Waals surface area (Å²) in [6.07, 6.45) is -0.591. The molecule has 1 aromatic carbocycles. The lowest BCUT2D eigenvalue weighted by atomic mass is 10.0. The number of hydrogen-bond donors (Lipinski definition) is 2. The van der Waals surface area contributed by atoms with E-state index in [9.17, 15) is 18.4 Å². The molecule has 1 aromatic rings. The van der Waals surface area contributed by atoms with Crippen LogP contribution in [0.15, 0.2) is 18.2 Å². The van der Waals surface area contributed by atoms with Crippen molar-refractivity contribution in [2.75, 3.05) is 34.3 Å². The van der Waals surface area contributed by atoms with Crippen LogP contribution < -0.4 is 10.6 Å². The van der Waals surface area contributed by atoms with E-state index in [0.717, 1.165) is 0 Å². The quantitative estimate of drug-likeness (QED) is 0.794. The molecule has 2 amide bonds. The highest BCUT2D eigenvalue weighted by molar-refractivity contribution is 5.77. The first kappa shape index (κ1) is 18.8. The fraction of sp³-hybridized carbons (Fsp3) is 0.467. The van der Waals surface area contributed by atoms with E-state index in [-0.39, 0.29) is 31.0 Å². The Labute approximate surface area is 133 Å². The van der Waals surface area contributed by atoms with Crippen molar-refractivity contribution in [3.8, 4) is 0 Å². The third-order valence-corrected chi connectivity index (χ3v) is 3.26. The van der Waals surface area contributed by atoms with Crippen LogP contribution in [0.2, 0.25) is 0 Å². The maximum absolute atomic E-state index is 13.9. The van der Waals surface area contributed by atoms with Crippen LogP contribution in [0, 0.1) is 11.6 Å². The Balaban J connectivity index is 2.61. The number of carbonyl (C=O) groups excluding carboxylic acids is 2. The van der Waals surface area contributed by atoms with E-state index >= 15 is 0 Å². The second kappa shape index (κ2) is 9.04. The van der Waals surface area contributed by atoms with Gasteiger partial charge in [0.25, 0.3) is 0 Å². The molecule has 0 bridgehead atoms. The lowest BCUT2D eigenvalue weighted by Gasteiger charge is -2.25. The average Bonchev–Trinajstić information content (AvgIpc) is 2.49. The summed E-state index contributed by atoms with van der Waals surface area (Å²) >= 11 is 0. The van der Waals surface area contributed by atoms with Gasteiger partial charge in [0.2, 0.25) is 5.91 Å². The Morgan fingerprint density at radius 3 is 2.35 bits per heavy atom. The van der Waals surface area contributed by atoms with E-state index in [4.69, 9.17) is 0 Å². The third-order valence-electron chi connectivity index (χ3n) is 3.26. The zero-order chi connectivity index (χ0) is 17.4. The molecule has 1 atom stereocenters. The number of nitrogens with zero attached hydrogens (tertiary/aromatic N) is 1. The van der Waals surface area contributed by atoms with Crippen LogP contribution in [-0.4, -0.2) is 51.2 Å². The van der Waals surface area contributed by atoms with E-state index in [1.165, 1.54) is 25.3 Å². The van der Waals surface area contributed by atoms with Gasteiger partial charge < -0.3 is 20.3 Å². The van der Waals surface area contributed by atoms with Crippen molar-refractivity contribution in [3.05, 3.63) is 35.4 Å². The number of amides is 2. The van der Waals surface area contributed by atoms with Crippen molar-refractivity contribution in [1.82, 2.24) is 15.5 Å². The molecule has 1 unspecified atom stereocenters. The van der Waals surface area contributed by atoms with Crippen molar-refractivity contribution in [1.29, 1.82) is 0 Å². The molecule has 0 fully saturated rings. The second-order valence-corrected chi connectivity index (χ2v) is 5.09. The molecule has 6 nitrogen and oxygen atoms in total. The molecule has 0 aromatic heterocycles. The first-order valence-corrected chi connectivity index (χ1v) is 7.05. The van der Waals surface area contributed by atoms with Gasteiger partial charge in [-0.05, 0) is 26.2 Å². The van der Waals surface area contributed by atoms with Crippen LogP contribution in [-0.2, 0) is 9.53 Å². The molecule has 0 saturated carbocycles. The Bertz CT molecular complexity index is 533. The normalized spacial score (nSPS) is 11.9. The molecule has 128 valence electrons. The topological polar surface area (TPSA) is 70.7 Å². The fourth-order valence-electron chi connectivity index (χ4n) is 2.02. The smallest absolute Gasteiger partial charge is 0.406 e. The highest BCUT2D eigenvalue weighted by Crippen LogP contribution is 2.23.